The van der Waals surface area contributed by atoms with E-state index in [0.29, 0.717) is 34.8 Å². The van der Waals surface area contributed by atoms with Crippen molar-refractivity contribution in [3.63, 3.8) is 0 Å². The van der Waals surface area contributed by atoms with Gasteiger partial charge in [-0.25, -0.2) is 4.98 Å². The number of hydrogen-bond donors (Lipinski definition) is 2. The van der Waals surface area contributed by atoms with E-state index >= 15 is 0 Å². The molecule has 0 spiro atoms. The highest BCUT2D eigenvalue weighted by molar-refractivity contribution is 5.99. The maximum Gasteiger partial charge on any atom is 0.259 e. The van der Waals surface area contributed by atoms with Crippen molar-refractivity contribution >= 4 is 28.2 Å². The third-order valence-electron chi connectivity index (χ3n) is 5.35. The van der Waals surface area contributed by atoms with E-state index in [9.17, 15) is 9.59 Å². The molecule has 0 fully saturated rings. The minimum absolute atomic E-state index is 0.00842. The number of H-pyrrole nitrogens is 1. The summed E-state index contributed by atoms with van der Waals surface area (Å²) in [6.07, 6.45) is 4.93. The van der Waals surface area contributed by atoms with Crippen molar-refractivity contribution in [1.29, 1.82) is 0 Å². The Labute approximate surface area is 177 Å². The summed E-state index contributed by atoms with van der Waals surface area (Å²) >= 11 is 0. The SMILES string of the molecule is COc1cncc(-c2cc3cc[nH]c(=O)c3c(Nc3ccc4c(c3)CN(C)C4=O)n2)c1. The Kier molecular flexibility index (Phi) is 4.39. The third kappa shape index (κ3) is 3.28. The quantitative estimate of drug-likeness (QED) is 0.532. The number of methoxy groups -OCH3 is 1. The first-order chi connectivity index (χ1) is 15.0. The maximum atomic E-state index is 12.6. The van der Waals surface area contributed by atoms with E-state index in [4.69, 9.17) is 9.72 Å². The smallest absolute Gasteiger partial charge is 0.259 e. The first-order valence-corrected chi connectivity index (χ1v) is 9.71. The van der Waals surface area contributed by atoms with Crippen molar-refractivity contribution in [2.24, 2.45) is 0 Å². The standard InChI is InChI=1S/C23H19N5O3/c1-28-12-15-7-16(3-4-18(15)23(28)30)26-21-20-13(5-6-25-22(20)29)9-19(27-21)14-8-17(31-2)11-24-10-14/h3-11H,12H2,1-2H3,(H,25,29)(H,26,27). The minimum atomic E-state index is -0.237. The second-order valence-corrected chi connectivity index (χ2v) is 7.40. The summed E-state index contributed by atoms with van der Waals surface area (Å²) in [6.45, 7) is 0.550. The van der Waals surface area contributed by atoms with Crippen molar-refractivity contribution in [2.45, 2.75) is 6.54 Å². The Morgan fingerprint density at radius 2 is 2.00 bits per heavy atom. The molecule has 0 saturated heterocycles. The molecule has 0 aliphatic carbocycles. The van der Waals surface area contributed by atoms with Gasteiger partial charge in [0.05, 0.1) is 24.4 Å². The van der Waals surface area contributed by atoms with Gasteiger partial charge in [0, 0.05) is 42.8 Å². The van der Waals surface area contributed by atoms with Gasteiger partial charge in [-0.1, -0.05) is 0 Å². The molecular weight excluding hydrogens is 394 g/mol. The summed E-state index contributed by atoms with van der Waals surface area (Å²) in [6, 6.07) is 11.1. The molecule has 8 nitrogen and oxygen atoms in total. The molecule has 0 atom stereocenters. The van der Waals surface area contributed by atoms with Gasteiger partial charge in [-0.3, -0.25) is 14.6 Å². The number of anilines is 2. The fraction of sp³-hybridized carbons (Fsp3) is 0.130. The third-order valence-corrected chi connectivity index (χ3v) is 5.35. The van der Waals surface area contributed by atoms with Crippen LogP contribution in [0.5, 0.6) is 5.75 Å². The zero-order valence-corrected chi connectivity index (χ0v) is 17.0. The highest BCUT2D eigenvalue weighted by Gasteiger charge is 2.24. The van der Waals surface area contributed by atoms with Crippen molar-refractivity contribution in [2.75, 3.05) is 19.5 Å². The molecule has 4 aromatic rings. The van der Waals surface area contributed by atoms with E-state index < -0.39 is 0 Å². The molecule has 1 amide bonds. The van der Waals surface area contributed by atoms with Crippen LogP contribution < -0.4 is 15.6 Å². The average Bonchev–Trinajstić information content (AvgIpc) is 3.06. The number of ether oxygens (including phenoxy) is 1. The number of fused-ring (bicyclic) bond motifs is 2. The van der Waals surface area contributed by atoms with Crippen LogP contribution in [-0.4, -0.2) is 39.9 Å². The Bertz CT molecular complexity index is 1400. The number of carbonyl (C=O) groups is 1. The summed E-state index contributed by atoms with van der Waals surface area (Å²) in [5.41, 5.74) is 3.57. The van der Waals surface area contributed by atoms with E-state index in [2.05, 4.69) is 15.3 Å². The van der Waals surface area contributed by atoms with Crippen LogP contribution in [0.3, 0.4) is 0 Å². The first kappa shape index (κ1) is 18.8. The first-order valence-electron chi connectivity index (χ1n) is 9.71. The number of benzene rings is 1. The van der Waals surface area contributed by atoms with Crippen molar-refractivity contribution in [1.82, 2.24) is 19.9 Å². The lowest BCUT2D eigenvalue weighted by Crippen LogP contribution is -2.17. The molecule has 4 heterocycles. The fourth-order valence-corrected chi connectivity index (χ4v) is 3.80. The van der Waals surface area contributed by atoms with Crippen LogP contribution >= 0.6 is 0 Å². The summed E-state index contributed by atoms with van der Waals surface area (Å²) in [5, 5.41) is 4.47. The number of aromatic amines is 1. The van der Waals surface area contributed by atoms with Crippen LogP contribution in [0.25, 0.3) is 22.0 Å². The number of hydrogen-bond acceptors (Lipinski definition) is 6. The minimum Gasteiger partial charge on any atom is -0.495 e. The van der Waals surface area contributed by atoms with E-state index in [1.807, 2.05) is 30.3 Å². The highest BCUT2D eigenvalue weighted by atomic mass is 16.5. The molecule has 3 aromatic heterocycles. The van der Waals surface area contributed by atoms with Gasteiger partial charge in [0.25, 0.3) is 11.5 Å². The Balaban J connectivity index is 1.63. The van der Waals surface area contributed by atoms with Gasteiger partial charge in [-0.05, 0) is 47.3 Å². The van der Waals surface area contributed by atoms with E-state index in [1.165, 1.54) is 0 Å². The lowest BCUT2D eigenvalue weighted by atomic mass is 10.1. The Morgan fingerprint density at radius 1 is 1.13 bits per heavy atom. The number of rotatable bonds is 4. The van der Waals surface area contributed by atoms with Gasteiger partial charge in [0.1, 0.15) is 11.6 Å². The molecule has 154 valence electrons. The molecule has 31 heavy (non-hydrogen) atoms. The fourth-order valence-electron chi connectivity index (χ4n) is 3.80. The summed E-state index contributed by atoms with van der Waals surface area (Å²) in [5.74, 6) is 1.05. The monoisotopic (exact) mass is 413 g/mol. The van der Waals surface area contributed by atoms with Gasteiger partial charge in [-0.2, -0.15) is 0 Å². The van der Waals surface area contributed by atoms with Crippen LogP contribution in [-0.2, 0) is 6.54 Å². The van der Waals surface area contributed by atoms with Crippen LogP contribution in [0.2, 0.25) is 0 Å². The van der Waals surface area contributed by atoms with Crippen LogP contribution in [0, 0.1) is 0 Å². The molecule has 0 radical (unpaired) electrons. The van der Waals surface area contributed by atoms with E-state index in [0.717, 1.165) is 22.2 Å². The normalized spacial score (nSPS) is 12.8. The number of amides is 1. The predicted octanol–water partition coefficient (Wildman–Crippen LogP) is 3.32. The lowest BCUT2D eigenvalue weighted by molar-refractivity contribution is 0.0816. The zero-order chi connectivity index (χ0) is 21.5. The molecule has 0 bridgehead atoms. The number of nitrogens with one attached hydrogen (secondary N) is 2. The van der Waals surface area contributed by atoms with Gasteiger partial charge in [-0.15, -0.1) is 0 Å². The number of pyridine rings is 3. The molecule has 5 rings (SSSR count). The topological polar surface area (TPSA) is 100 Å². The molecule has 0 saturated carbocycles. The summed E-state index contributed by atoms with van der Waals surface area (Å²) in [7, 11) is 3.35. The predicted molar refractivity (Wildman–Crippen MR) is 118 cm³/mol. The van der Waals surface area contributed by atoms with Crippen molar-refractivity contribution < 1.29 is 9.53 Å². The summed E-state index contributed by atoms with van der Waals surface area (Å²) in [4.78, 5) is 38.1. The van der Waals surface area contributed by atoms with Gasteiger partial charge in [0.2, 0.25) is 0 Å². The number of nitrogens with zero attached hydrogens (tertiary/aromatic N) is 3. The number of aromatic nitrogens is 3. The van der Waals surface area contributed by atoms with E-state index in [-0.39, 0.29) is 11.5 Å². The second kappa shape index (κ2) is 7.24. The van der Waals surface area contributed by atoms with Crippen molar-refractivity contribution in [3.05, 3.63) is 76.5 Å². The Hall–Kier alpha value is -4.20. The second-order valence-electron chi connectivity index (χ2n) is 7.40. The molecule has 2 N–H and O–H groups in total. The van der Waals surface area contributed by atoms with Gasteiger partial charge >= 0.3 is 0 Å². The van der Waals surface area contributed by atoms with Gasteiger partial charge in [0.15, 0.2) is 0 Å². The maximum absolute atomic E-state index is 12.6. The highest BCUT2D eigenvalue weighted by Crippen LogP contribution is 2.30. The largest absolute Gasteiger partial charge is 0.495 e. The van der Waals surface area contributed by atoms with Crippen LogP contribution in [0.15, 0.2) is 59.8 Å². The number of carbonyl (C=O) groups excluding carboxylic acids is 1. The zero-order valence-electron chi connectivity index (χ0n) is 17.0. The Morgan fingerprint density at radius 3 is 2.84 bits per heavy atom. The summed E-state index contributed by atoms with van der Waals surface area (Å²) < 4.78 is 5.28. The molecule has 0 unspecified atom stereocenters. The molecule has 1 aromatic carbocycles. The van der Waals surface area contributed by atoms with E-state index in [1.54, 1.807) is 43.7 Å². The van der Waals surface area contributed by atoms with Crippen LogP contribution in [0.1, 0.15) is 15.9 Å². The molecule has 1 aliphatic rings. The van der Waals surface area contributed by atoms with Gasteiger partial charge < -0.3 is 19.9 Å². The molecular formula is C23H19N5O3. The van der Waals surface area contributed by atoms with Crippen molar-refractivity contribution in [3.8, 4) is 17.0 Å². The molecule has 8 heteroatoms. The molecule has 1 aliphatic heterocycles. The lowest BCUT2D eigenvalue weighted by Gasteiger charge is -2.12. The average molecular weight is 413 g/mol. The van der Waals surface area contributed by atoms with Crippen LogP contribution in [0.4, 0.5) is 11.5 Å².